The molecule has 1 aliphatic rings. The van der Waals surface area contributed by atoms with E-state index in [0.717, 1.165) is 32.4 Å². The summed E-state index contributed by atoms with van der Waals surface area (Å²) in [6.45, 7) is 1.46. The molecule has 0 aromatic heterocycles. The first-order chi connectivity index (χ1) is 9.00. The molecule has 1 fully saturated rings. The van der Waals surface area contributed by atoms with E-state index in [4.69, 9.17) is 18.0 Å². The molecule has 0 saturated carbocycles. The van der Waals surface area contributed by atoms with Gasteiger partial charge in [-0.15, -0.1) is 4.83 Å². The fourth-order valence-corrected chi connectivity index (χ4v) is 3.70. The molecule has 19 heavy (non-hydrogen) atoms. The van der Waals surface area contributed by atoms with Crippen molar-refractivity contribution in [1.29, 1.82) is 0 Å². The van der Waals surface area contributed by atoms with Crippen LogP contribution in [0.5, 0.6) is 0 Å². The van der Waals surface area contributed by atoms with Crippen molar-refractivity contribution < 1.29 is 8.42 Å². The third-order valence-corrected chi connectivity index (χ3v) is 4.70. The monoisotopic (exact) mass is 299 g/mol. The summed E-state index contributed by atoms with van der Waals surface area (Å²) in [6, 6.07) is 6.51. The molecule has 0 spiro atoms. The fraction of sp³-hybridized carbons (Fsp3) is 0.417. The summed E-state index contributed by atoms with van der Waals surface area (Å²) >= 11 is 4.89. The molecule has 1 saturated heterocycles. The van der Waals surface area contributed by atoms with Crippen molar-refractivity contribution in [3.63, 3.8) is 0 Å². The predicted molar refractivity (Wildman–Crippen MR) is 78.1 cm³/mol. The number of hydrazine groups is 1. The molecular formula is C12H17N3O2S2. The maximum absolute atomic E-state index is 12.4. The van der Waals surface area contributed by atoms with Gasteiger partial charge < -0.3 is 5.73 Å². The minimum atomic E-state index is -3.63. The molecule has 7 heteroatoms. The van der Waals surface area contributed by atoms with Crippen molar-refractivity contribution in [3.05, 3.63) is 29.8 Å². The Morgan fingerprint density at radius 2 is 1.84 bits per heavy atom. The molecule has 0 radical (unpaired) electrons. The van der Waals surface area contributed by atoms with Crippen molar-refractivity contribution in [3.8, 4) is 0 Å². The zero-order valence-corrected chi connectivity index (χ0v) is 12.1. The van der Waals surface area contributed by atoms with Crippen LogP contribution in [0.4, 0.5) is 0 Å². The second-order valence-corrected chi connectivity index (χ2v) is 6.57. The number of rotatable bonds is 4. The molecule has 0 amide bonds. The van der Waals surface area contributed by atoms with Crippen LogP contribution in [0.25, 0.3) is 0 Å². The third-order valence-electron chi connectivity index (χ3n) is 3.05. The maximum Gasteiger partial charge on any atom is 0.254 e. The molecule has 1 heterocycles. The first-order valence-corrected chi connectivity index (χ1v) is 8.06. The number of benzene rings is 1. The molecule has 1 aromatic carbocycles. The highest BCUT2D eigenvalue weighted by Crippen LogP contribution is 2.16. The second kappa shape index (κ2) is 5.96. The second-order valence-electron chi connectivity index (χ2n) is 4.50. The summed E-state index contributed by atoms with van der Waals surface area (Å²) in [7, 11) is -3.63. The topological polar surface area (TPSA) is 75.4 Å². The number of nitrogens with zero attached hydrogens (tertiary/aromatic N) is 1. The number of nitrogens with two attached hydrogens (primary N) is 1. The number of nitrogens with one attached hydrogen (secondary N) is 1. The lowest BCUT2D eigenvalue weighted by Gasteiger charge is -2.26. The minimum absolute atomic E-state index is 0.0830. The molecule has 0 unspecified atom stereocenters. The quantitative estimate of drug-likeness (QED) is 0.811. The average Bonchev–Trinajstić information content (AvgIpc) is 2.39. The van der Waals surface area contributed by atoms with Gasteiger partial charge in [0.25, 0.3) is 10.0 Å². The lowest BCUT2D eigenvalue weighted by atomic mass is 10.2. The Hall–Kier alpha value is -1.02. The van der Waals surface area contributed by atoms with Gasteiger partial charge in [-0.3, -0.25) is 0 Å². The van der Waals surface area contributed by atoms with Crippen LogP contribution in [0.15, 0.2) is 29.2 Å². The van der Waals surface area contributed by atoms with Gasteiger partial charge in [0.1, 0.15) is 4.99 Å². The minimum Gasteiger partial charge on any atom is -0.389 e. The smallest absolute Gasteiger partial charge is 0.254 e. The molecular weight excluding hydrogens is 282 g/mol. The normalized spacial score (nSPS) is 17.3. The Balaban J connectivity index is 2.26. The van der Waals surface area contributed by atoms with E-state index in [1.54, 1.807) is 23.2 Å². The first kappa shape index (κ1) is 14.4. The summed E-state index contributed by atoms with van der Waals surface area (Å²) in [6.07, 6.45) is 3.14. The van der Waals surface area contributed by atoms with Crippen LogP contribution in [0.1, 0.15) is 24.8 Å². The summed E-state index contributed by atoms with van der Waals surface area (Å²) < 4.78 is 24.7. The highest BCUT2D eigenvalue weighted by atomic mass is 32.2. The van der Waals surface area contributed by atoms with Crippen LogP contribution < -0.4 is 10.6 Å². The van der Waals surface area contributed by atoms with E-state index in [1.807, 2.05) is 0 Å². The Kier molecular flexibility index (Phi) is 4.51. The molecule has 104 valence electrons. The molecule has 1 aromatic rings. The Morgan fingerprint density at radius 3 is 2.47 bits per heavy atom. The highest BCUT2D eigenvalue weighted by Gasteiger charge is 2.23. The van der Waals surface area contributed by atoms with Gasteiger partial charge in [-0.2, -0.15) is 0 Å². The van der Waals surface area contributed by atoms with E-state index < -0.39 is 10.0 Å². The van der Waals surface area contributed by atoms with E-state index in [0.29, 0.717) is 5.56 Å². The van der Waals surface area contributed by atoms with Gasteiger partial charge in [0.15, 0.2) is 0 Å². The van der Waals surface area contributed by atoms with E-state index >= 15 is 0 Å². The van der Waals surface area contributed by atoms with Gasteiger partial charge in [-0.1, -0.05) is 36.8 Å². The third kappa shape index (κ3) is 3.50. The van der Waals surface area contributed by atoms with Crippen LogP contribution in [0.3, 0.4) is 0 Å². The van der Waals surface area contributed by atoms with Crippen LogP contribution >= 0.6 is 12.2 Å². The molecule has 0 bridgehead atoms. The van der Waals surface area contributed by atoms with E-state index in [1.165, 1.54) is 6.07 Å². The van der Waals surface area contributed by atoms with Crippen molar-refractivity contribution >= 4 is 27.2 Å². The fourth-order valence-electron chi connectivity index (χ4n) is 2.11. The summed E-state index contributed by atoms with van der Waals surface area (Å²) in [4.78, 5) is 2.81. The van der Waals surface area contributed by atoms with Crippen molar-refractivity contribution in [2.45, 2.75) is 24.2 Å². The van der Waals surface area contributed by atoms with Gasteiger partial charge in [-0.25, -0.2) is 13.4 Å². The van der Waals surface area contributed by atoms with E-state index in [9.17, 15) is 8.42 Å². The lowest BCUT2D eigenvalue weighted by Crippen LogP contribution is -2.45. The summed E-state index contributed by atoms with van der Waals surface area (Å²) in [5.74, 6) is 0. The number of thiocarbonyl (C=S) groups is 1. The van der Waals surface area contributed by atoms with Crippen LogP contribution in [0.2, 0.25) is 0 Å². The van der Waals surface area contributed by atoms with Crippen molar-refractivity contribution in [2.24, 2.45) is 5.73 Å². The largest absolute Gasteiger partial charge is 0.389 e. The van der Waals surface area contributed by atoms with Gasteiger partial charge in [0, 0.05) is 18.7 Å². The number of hydrogen-bond donors (Lipinski definition) is 2. The average molecular weight is 299 g/mol. The summed E-state index contributed by atoms with van der Waals surface area (Å²) in [5.41, 5.74) is 5.95. The van der Waals surface area contributed by atoms with Crippen molar-refractivity contribution in [1.82, 2.24) is 9.84 Å². The van der Waals surface area contributed by atoms with Crippen LogP contribution in [-0.4, -0.2) is 31.5 Å². The Morgan fingerprint density at radius 1 is 1.21 bits per heavy atom. The van der Waals surface area contributed by atoms with Crippen LogP contribution in [0, 0.1) is 0 Å². The molecule has 0 atom stereocenters. The zero-order chi connectivity index (χ0) is 13.9. The number of sulfonamides is 1. The van der Waals surface area contributed by atoms with E-state index in [-0.39, 0.29) is 9.88 Å². The summed E-state index contributed by atoms with van der Waals surface area (Å²) in [5, 5.41) is 1.73. The van der Waals surface area contributed by atoms with Gasteiger partial charge in [0.2, 0.25) is 0 Å². The molecule has 1 aliphatic heterocycles. The maximum atomic E-state index is 12.4. The first-order valence-electron chi connectivity index (χ1n) is 6.17. The van der Waals surface area contributed by atoms with Gasteiger partial charge >= 0.3 is 0 Å². The highest BCUT2D eigenvalue weighted by molar-refractivity contribution is 7.89. The zero-order valence-electron chi connectivity index (χ0n) is 10.5. The molecule has 0 aliphatic carbocycles. The van der Waals surface area contributed by atoms with Crippen LogP contribution in [-0.2, 0) is 10.0 Å². The predicted octanol–water partition coefficient (Wildman–Crippen LogP) is 1.000. The number of piperidine rings is 1. The van der Waals surface area contributed by atoms with Crippen molar-refractivity contribution in [2.75, 3.05) is 13.1 Å². The van der Waals surface area contributed by atoms with Gasteiger partial charge in [0.05, 0.1) is 4.90 Å². The van der Waals surface area contributed by atoms with E-state index in [2.05, 4.69) is 4.83 Å². The Labute approximate surface area is 118 Å². The molecule has 5 nitrogen and oxygen atoms in total. The van der Waals surface area contributed by atoms with Gasteiger partial charge in [-0.05, 0) is 18.9 Å². The molecule has 3 N–H and O–H groups in total. The SMILES string of the molecule is NC(=S)c1ccccc1S(=O)(=O)NN1CCCCC1. The Bertz CT molecular complexity index is 566. The molecule has 2 rings (SSSR count). The standard InChI is InChI=1S/C12H17N3O2S2/c13-12(18)10-6-2-3-7-11(10)19(16,17)14-15-8-4-1-5-9-15/h2-3,6-7,14H,1,4-5,8-9H2,(H2,13,18). The lowest BCUT2D eigenvalue weighted by molar-refractivity contribution is 0.200. The number of hydrogen-bond acceptors (Lipinski definition) is 4.